The molecule has 8 nitrogen and oxygen atoms in total. The summed E-state index contributed by atoms with van der Waals surface area (Å²) in [4.78, 5) is 5.09. The van der Waals surface area contributed by atoms with Crippen LogP contribution in [-0.2, 0) is 19.5 Å². The van der Waals surface area contributed by atoms with Gasteiger partial charge in [-0.25, -0.2) is 13.4 Å². The molecule has 1 aromatic carbocycles. The summed E-state index contributed by atoms with van der Waals surface area (Å²) >= 11 is 1.59. The summed E-state index contributed by atoms with van der Waals surface area (Å²) in [5.74, 6) is 0. The maximum atomic E-state index is 13.2. The number of thiazole rings is 1. The maximum Gasteiger partial charge on any atom is 0.243 e. The zero-order valence-corrected chi connectivity index (χ0v) is 21.1. The number of aromatic nitrogens is 2. The van der Waals surface area contributed by atoms with Crippen LogP contribution in [0.2, 0.25) is 0 Å². The number of nitrogens with zero attached hydrogens (tertiary/aromatic N) is 3. The van der Waals surface area contributed by atoms with Crippen molar-refractivity contribution < 1.29 is 17.9 Å². The summed E-state index contributed by atoms with van der Waals surface area (Å²) in [7, 11) is -3.56. The lowest BCUT2D eigenvalue weighted by molar-refractivity contribution is 0.0730. The molecule has 0 amide bonds. The number of aryl methyl sites for hydroxylation is 1. The van der Waals surface area contributed by atoms with Crippen LogP contribution in [0.3, 0.4) is 0 Å². The average molecular weight is 503 g/mol. The first-order chi connectivity index (χ1) is 16.4. The first-order valence-electron chi connectivity index (χ1n) is 11.6. The summed E-state index contributed by atoms with van der Waals surface area (Å²) in [6.07, 6.45) is 2.47. The van der Waals surface area contributed by atoms with Crippen LogP contribution in [0.15, 0.2) is 40.6 Å². The molecule has 2 aromatic heterocycles. The van der Waals surface area contributed by atoms with Crippen molar-refractivity contribution in [2.45, 2.75) is 37.7 Å². The van der Waals surface area contributed by atoms with Gasteiger partial charge in [0.25, 0.3) is 0 Å². The molecule has 0 aliphatic carbocycles. The third kappa shape index (κ3) is 4.65. The fourth-order valence-corrected chi connectivity index (χ4v) is 6.79. The van der Waals surface area contributed by atoms with Gasteiger partial charge < -0.3 is 19.4 Å². The van der Waals surface area contributed by atoms with Crippen molar-refractivity contribution in [1.29, 1.82) is 0 Å². The van der Waals surface area contributed by atoms with Gasteiger partial charge in [0.15, 0.2) is 5.13 Å². The lowest BCUT2D eigenvalue weighted by Gasteiger charge is -2.26. The van der Waals surface area contributed by atoms with Gasteiger partial charge in [0.1, 0.15) is 0 Å². The summed E-state index contributed by atoms with van der Waals surface area (Å²) in [5, 5.41) is 6.34. The molecule has 1 unspecified atom stereocenters. The number of rotatable bonds is 7. The Bertz CT molecular complexity index is 1260. The van der Waals surface area contributed by atoms with E-state index in [9.17, 15) is 8.42 Å². The first-order valence-corrected chi connectivity index (χ1v) is 13.9. The third-order valence-corrected chi connectivity index (χ3v) is 9.09. The summed E-state index contributed by atoms with van der Waals surface area (Å²) in [6, 6.07) is 9.27. The van der Waals surface area contributed by atoms with Crippen molar-refractivity contribution >= 4 is 26.5 Å². The van der Waals surface area contributed by atoms with Gasteiger partial charge in [0, 0.05) is 54.3 Å². The van der Waals surface area contributed by atoms with E-state index in [1.54, 1.807) is 29.5 Å². The Balaban J connectivity index is 1.40. The smallest absolute Gasteiger partial charge is 0.243 e. The Morgan fingerprint density at radius 2 is 2.00 bits per heavy atom. The van der Waals surface area contributed by atoms with Crippen LogP contribution in [-0.4, -0.2) is 67.8 Å². The quantitative estimate of drug-likeness (QED) is 0.529. The predicted octanol–water partition coefficient (Wildman–Crippen LogP) is 3.83. The van der Waals surface area contributed by atoms with Crippen molar-refractivity contribution in [2.24, 2.45) is 0 Å². The van der Waals surface area contributed by atoms with Gasteiger partial charge in [-0.05, 0) is 51.0 Å². The van der Waals surface area contributed by atoms with Crippen LogP contribution in [0.25, 0.3) is 16.9 Å². The molecule has 0 radical (unpaired) electrons. The normalized spacial score (nSPS) is 19.5. The first kappa shape index (κ1) is 23.5. The molecule has 5 rings (SSSR count). The van der Waals surface area contributed by atoms with Gasteiger partial charge >= 0.3 is 0 Å². The predicted molar refractivity (Wildman–Crippen MR) is 133 cm³/mol. The number of hydrogen-bond donors (Lipinski definition) is 1. The van der Waals surface area contributed by atoms with E-state index in [4.69, 9.17) is 14.5 Å². The molecule has 2 saturated heterocycles. The van der Waals surface area contributed by atoms with E-state index in [2.05, 4.69) is 21.3 Å². The van der Waals surface area contributed by atoms with E-state index in [0.29, 0.717) is 31.2 Å². The molecule has 34 heavy (non-hydrogen) atoms. The lowest BCUT2D eigenvalue weighted by Crippen LogP contribution is -2.40. The van der Waals surface area contributed by atoms with E-state index in [1.807, 2.05) is 19.9 Å². The molecule has 1 N–H and O–H groups in total. The van der Waals surface area contributed by atoms with Crippen LogP contribution < -0.4 is 5.32 Å². The molecule has 0 bridgehead atoms. The zero-order valence-electron chi connectivity index (χ0n) is 19.5. The van der Waals surface area contributed by atoms with Crippen LogP contribution in [0.5, 0.6) is 0 Å². The molecule has 4 heterocycles. The summed E-state index contributed by atoms with van der Waals surface area (Å²) in [5.41, 5.74) is 4.82. The van der Waals surface area contributed by atoms with E-state index in [1.165, 1.54) is 4.31 Å². The molecule has 0 spiro atoms. The SMILES string of the molecule is Cc1cc(-c2csc(NCC3CCCO3)n2)c(C)n1-c1cccc(S(=O)(=O)N2CCOCC2)c1. The highest BCUT2D eigenvalue weighted by molar-refractivity contribution is 7.89. The third-order valence-electron chi connectivity index (χ3n) is 6.40. The largest absolute Gasteiger partial charge is 0.379 e. The fourth-order valence-electron chi connectivity index (χ4n) is 4.62. The molecular weight excluding hydrogens is 472 g/mol. The molecule has 10 heteroatoms. The molecule has 182 valence electrons. The topological polar surface area (TPSA) is 85.7 Å². The van der Waals surface area contributed by atoms with Crippen molar-refractivity contribution in [3.05, 3.63) is 47.1 Å². The Morgan fingerprint density at radius 3 is 2.76 bits per heavy atom. The Kier molecular flexibility index (Phi) is 6.76. The number of benzene rings is 1. The highest BCUT2D eigenvalue weighted by Crippen LogP contribution is 2.32. The lowest BCUT2D eigenvalue weighted by atomic mass is 10.2. The zero-order chi connectivity index (χ0) is 23.7. The molecule has 2 aliphatic heterocycles. The van der Waals surface area contributed by atoms with E-state index >= 15 is 0 Å². The second kappa shape index (κ2) is 9.79. The molecule has 0 saturated carbocycles. The summed E-state index contributed by atoms with van der Waals surface area (Å²) < 4.78 is 40.9. The van der Waals surface area contributed by atoms with Gasteiger partial charge in [0.05, 0.1) is 29.9 Å². The Hall–Kier alpha value is -2.24. The maximum absolute atomic E-state index is 13.2. The number of nitrogens with one attached hydrogen (secondary N) is 1. The molecule has 3 aromatic rings. The number of morpholine rings is 1. The number of hydrogen-bond acceptors (Lipinski definition) is 7. The number of ether oxygens (including phenoxy) is 2. The molecule has 2 fully saturated rings. The highest BCUT2D eigenvalue weighted by Gasteiger charge is 2.27. The van der Waals surface area contributed by atoms with Gasteiger partial charge in [0.2, 0.25) is 10.0 Å². The van der Waals surface area contributed by atoms with Gasteiger partial charge in [-0.2, -0.15) is 4.31 Å². The van der Waals surface area contributed by atoms with Gasteiger partial charge in [-0.3, -0.25) is 0 Å². The van der Waals surface area contributed by atoms with Crippen molar-refractivity contribution in [3.63, 3.8) is 0 Å². The molecular formula is C24H30N4O4S2. The van der Waals surface area contributed by atoms with Crippen LogP contribution in [0, 0.1) is 13.8 Å². The van der Waals surface area contributed by atoms with Crippen molar-refractivity contribution in [1.82, 2.24) is 13.9 Å². The monoisotopic (exact) mass is 502 g/mol. The average Bonchev–Trinajstić information content (AvgIpc) is 3.59. The minimum atomic E-state index is -3.56. The van der Waals surface area contributed by atoms with E-state index in [-0.39, 0.29) is 6.10 Å². The van der Waals surface area contributed by atoms with Gasteiger partial charge in [-0.15, -0.1) is 11.3 Å². The van der Waals surface area contributed by atoms with Gasteiger partial charge in [-0.1, -0.05) is 6.07 Å². The Labute approximate surface area is 204 Å². The fraction of sp³-hybridized carbons (Fsp3) is 0.458. The van der Waals surface area contributed by atoms with Crippen LogP contribution in [0.1, 0.15) is 24.2 Å². The van der Waals surface area contributed by atoms with Crippen LogP contribution in [0.4, 0.5) is 5.13 Å². The number of anilines is 1. The second-order valence-corrected chi connectivity index (χ2v) is 11.5. The molecule has 1 atom stereocenters. The second-order valence-electron chi connectivity index (χ2n) is 8.69. The van der Waals surface area contributed by atoms with Crippen molar-refractivity contribution in [3.8, 4) is 16.9 Å². The highest BCUT2D eigenvalue weighted by atomic mass is 32.2. The minimum Gasteiger partial charge on any atom is -0.379 e. The van der Waals surface area contributed by atoms with Crippen LogP contribution >= 0.6 is 11.3 Å². The number of sulfonamides is 1. The minimum absolute atomic E-state index is 0.262. The summed E-state index contributed by atoms with van der Waals surface area (Å²) in [6.45, 7) is 7.31. The van der Waals surface area contributed by atoms with E-state index < -0.39 is 10.0 Å². The molecule has 2 aliphatic rings. The standard InChI is InChI=1S/C24H30N4O4S2/c1-17-13-22(23-16-33-24(26-23)25-15-20-6-4-10-32-20)18(2)28(17)19-5-3-7-21(14-19)34(29,30)27-8-11-31-12-9-27/h3,5,7,13-14,16,20H,4,6,8-12,15H2,1-2H3,(H,25,26). The van der Waals surface area contributed by atoms with E-state index in [0.717, 1.165) is 59.5 Å². The Morgan fingerprint density at radius 1 is 1.18 bits per heavy atom. The van der Waals surface area contributed by atoms with Crippen molar-refractivity contribution in [2.75, 3.05) is 44.8 Å².